The third kappa shape index (κ3) is 6.68. The second kappa shape index (κ2) is 15.8. The smallest absolute Gasteiger partial charge is 0.164 e. The van der Waals surface area contributed by atoms with E-state index >= 15 is 0 Å². The summed E-state index contributed by atoms with van der Waals surface area (Å²) < 4.78 is 15.5. The third-order valence-corrected chi connectivity index (χ3v) is 13.7. The fourth-order valence-corrected chi connectivity index (χ4v) is 10.3. The predicted molar refractivity (Wildman–Crippen MR) is 281 cm³/mol. The van der Waals surface area contributed by atoms with Gasteiger partial charge in [0.1, 0.15) is 22.3 Å². The van der Waals surface area contributed by atoms with Gasteiger partial charge in [0.05, 0.1) is 5.52 Å². The van der Waals surface area contributed by atoms with Crippen LogP contribution < -0.4 is 0 Å². The lowest BCUT2D eigenvalue weighted by atomic mass is 9.99. The minimum absolute atomic E-state index is 0.580. The highest BCUT2D eigenvalue weighted by Crippen LogP contribution is 2.41. The number of allylic oxidation sites excluding steroid dienone is 1. The first-order chi connectivity index (χ1) is 34.1. The Labute approximate surface area is 397 Å². The van der Waals surface area contributed by atoms with Crippen molar-refractivity contribution in [1.29, 1.82) is 0 Å². The van der Waals surface area contributed by atoms with Gasteiger partial charge in [-0.25, -0.2) is 15.0 Å². The molecule has 6 heteroatoms. The van der Waals surface area contributed by atoms with Gasteiger partial charge in [0, 0.05) is 60.6 Å². The summed E-state index contributed by atoms with van der Waals surface area (Å²) in [7, 11) is 0. The van der Waals surface area contributed by atoms with Crippen molar-refractivity contribution in [3.05, 3.63) is 224 Å². The van der Waals surface area contributed by atoms with Crippen LogP contribution in [0.15, 0.2) is 221 Å². The van der Waals surface area contributed by atoms with E-state index in [1.54, 1.807) is 0 Å². The third-order valence-electron chi connectivity index (χ3n) is 13.7. The predicted octanol–water partition coefficient (Wildman–Crippen LogP) is 16.6. The molecule has 0 saturated carbocycles. The van der Waals surface area contributed by atoms with E-state index in [0.29, 0.717) is 17.5 Å². The SMILES string of the molecule is C1=Cc2c(n(-c3ccc4oc5ccc(-c6ccc7oc8cc(-c9nc(-c%10ccccc%10)nc(-c%10ccc(-c%11ccccc%11)cc%10)n9)ccc8c7c6)cc5c4c3)c3ccc(-c4ccccc4)cc23)CC1. The summed E-state index contributed by atoms with van der Waals surface area (Å²) in [5, 5.41) is 5.52. The highest BCUT2D eigenvalue weighted by Gasteiger charge is 2.21. The summed E-state index contributed by atoms with van der Waals surface area (Å²) in [5.41, 5.74) is 18.0. The zero-order chi connectivity index (χ0) is 45.4. The molecule has 1 aliphatic carbocycles. The normalized spacial score (nSPS) is 12.5. The van der Waals surface area contributed by atoms with Gasteiger partial charge in [-0.2, -0.15) is 0 Å². The fraction of sp³-hybridized carbons (Fsp3) is 0.0317. The summed E-state index contributed by atoms with van der Waals surface area (Å²) in [5.74, 6) is 1.80. The molecule has 324 valence electrons. The van der Waals surface area contributed by atoms with E-state index in [1.807, 2.05) is 42.5 Å². The molecule has 0 fully saturated rings. The summed E-state index contributed by atoms with van der Waals surface area (Å²) in [4.78, 5) is 15.0. The molecule has 6 nitrogen and oxygen atoms in total. The van der Waals surface area contributed by atoms with Gasteiger partial charge in [-0.1, -0.05) is 152 Å². The molecule has 0 radical (unpaired) electrons. The lowest BCUT2D eigenvalue weighted by Gasteiger charge is -2.13. The number of nitrogens with zero attached hydrogens (tertiary/aromatic N) is 4. The number of hydrogen-bond acceptors (Lipinski definition) is 5. The van der Waals surface area contributed by atoms with Crippen LogP contribution in [0.4, 0.5) is 0 Å². The number of furan rings is 2. The standard InChI is InChI=1S/C63H40N4O2/c1-4-12-39(13-5-1)41-20-22-43(23-21-41)62-64-61(42-16-8-3-9-17-42)65-63(66-62)47-24-29-50-52-35-45(26-31-57(52)69-60(50)37-47)46-27-32-58-53(36-46)54-38-48(28-33-59(54)68-58)67-55-19-11-10-18-49(55)51-34-44(25-30-56(51)67)40-14-6-2-7-15-40/h1-10,12-18,20-38H,11,19H2. The summed E-state index contributed by atoms with van der Waals surface area (Å²) in [6, 6.07) is 72.2. The van der Waals surface area contributed by atoms with Gasteiger partial charge in [0.15, 0.2) is 17.5 Å². The molecule has 0 N–H and O–H groups in total. The lowest BCUT2D eigenvalue weighted by molar-refractivity contribution is 0.668. The first kappa shape index (κ1) is 39.1. The maximum absolute atomic E-state index is 6.56. The maximum Gasteiger partial charge on any atom is 0.164 e. The molecule has 1 aliphatic rings. The van der Waals surface area contributed by atoms with Crippen LogP contribution in [0.1, 0.15) is 17.7 Å². The molecule has 0 aliphatic heterocycles. The van der Waals surface area contributed by atoms with Gasteiger partial charge in [0.2, 0.25) is 0 Å². The van der Waals surface area contributed by atoms with Crippen LogP contribution in [-0.4, -0.2) is 19.5 Å². The van der Waals surface area contributed by atoms with E-state index in [4.69, 9.17) is 23.8 Å². The van der Waals surface area contributed by atoms with Crippen molar-refractivity contribution in [1.82, 2.24) is 19.5 Å². The first-order valence-electron chi connectivity index (χ1n) is 23.5. The fourth-order valence-electron chi connectivity index (χ4n) is 10.3. The van der Waals surface area contributed by atoms with Gasteiger partial charge in [-0.3, -0.25) is 0 Å². The molecule has 4 aromatic heterocycles. The van der Waals surface area contributed by atoms with Crippen LogP contribution in [0.25, 0.3) is 134 Å². The van der Waals surface area contributed by atoms with E-state index in [2.05, 4.69) is 181 Å². The molecule has 0 bridgehead atoms. The Balaban J connectivity index is 0.825. The van der Waals surface area contributed by atoms with E-state index in [-0.39, 0.29) is 0 Å². The number of rotatable bonds is 7. The van der Waals surface area contributed by atoms with E-state index in [0.717, 1.165) is 101 Å². The van der Waals surface area contributed by atoms with Crippen LogP contribution in [0.2, 0.25) is 0 Å². The van der Waals surface area contributed by atoms with Crippen molar-refractivity contribution in [3.63, 3.8) is 0 Å². The molecule has 13 aromatic rings. The minimum Gasteiger partial charge on any atom is -0.456 e. The van der Waals surface area contributed by atoms with E-state index in [9.17, 15) is 0 Å². The van der Waals surface area contributed by atoms with Crippen LogP contribution in [-0.2, 0) is 6.42 Å². The molecule has 0 spiro atoms. The maximum atomic E-state index is 6.56. The van der Waals surface area contributed by atoms with E-state index in [1.165, 1.54) is 33.3 Å². The van der Waals surface area contributed by atoms with Gasteiger partial charge in [-0.15, -0.1) is 0 Å². The van der Waals surface area contributed by atoms with Gasteiger partial charge < -0.3 is 13.4 Å². The van der Waals surface area contributed by atoms with Crippen molar-refractivity contribution in [2.24, 2.45) is 0 Å². The molecule has 0 saturated heterocycles. The Morgan fingerprint density at radius 3 is 1.49 bits per heavy atom. The topological polar surface area (TPSA) is 69.9 Å². The van der Waals surface area contributed by atoms with Gasteiger partial charge in [-0.05, 0) is 113 Å². The molecule has 0 unspecified atom stereocenters. The summed E-state index contributed by atoms with van der Waals surface area (Å²) in [6.45, 7) is 0. The number of aromatic nitrogens is 4. The highest BCUT2D eigenvalue weighted by atomic mass is 16.3. The number of fused-ring (bicyclic) bond motifs is 9. The molecule has 0 atom stereocenters. The molecular formula is C63H40N4O2. The second-order valence-corrected chi connectivity index (χ2v) is 17.9. The van der Waals surface area contributed by atoms with Crippen LogP contribution in [0.3, 0.4) is 0 Å². The average molecular weight is 885 g/mol. The van der Waals surface area contributed by atoms with E-state index < -0.39 is 0 Å². The largest absolute Gasteiger partial charge is 0.456 e. The first-order valence-corrected chi connectivity index (χ1v) is 23.5. The van der Waals surface area contributed by atoms with Crippen molar-refractivity contribution >= 4 is 60.9 Å². The molecule has 9 aromatic carbocycles. The van der Waals surface area contributed by atoms with Crippen molar-refractivity contribution in [2.75, 3.05) is 0 Å². The summed E-state index contributed by atoms with van der Waals surface area (Å²) >= 11 is 0. The van der Waals surface area contributed by atoms with Crippen LogP contribution >= 0.6 is 0 Å². The quantitative estimate of drug-likeness (QED) is 0.159. The molecule has 0 amide bonds. The van der Waals surface area contributed by atoms with Crippen molar-refractivity contribution in [2.45, 2.75) is 12.8 Å². The van der Waals surface area contributed by atoms with Crippen molar-refractivity contribution < 1.29 is 8.83 Å². The van der Waals surface area contributed by atoms with Crippen LogP contribution in [0, 0.1) is 0 Å². The Morgan fingerprint density at radius 2 is 0.812 bits per heavy atom. The van der Waals surface area contributed by atoms with Crippen molar-refractivity contribution in [3.8, 4) is 73.2 Å². The van der Waals surface area contributed by atoms with Gasteiger partial charge >= 0.3 is 0 Å². The van der Waals surface area contributed by atoms with Gasteiger partial charge in [0.25, 0.3) is 0 Å². The number of hydrogen-bond donors (Lipinski definition) is 0. The molecular weight excluding hydrogens is 845 g/mol. The van der Waals surface area contributed by atoms with Crippen LogP contribution in [0.5, 0.6) is 0 Å². The zero-order valence-electron chi connectivity index (χ0n) is 37.3. The summed E-state index contributed by atoms with van der Waals surface area (Å²) in [6.07, 6.45) is 6.62. The zero-order valence-corrected chi connectivity index (χ0v) is 37.3. The lowest BCUT2D eigenvalue weighted by Crippen LogP contribution is -2.02. The Hall–Kier alpha value is -9.13. The average Bonchev–Trinajstić information content (AvgIpc) is 4.09. The molecule has 14 rings (SSSR count). The second-order valence-electron chi connectivity index (χ2n) is 17.9. The minimum atomic E-state index is 0.580. The molecule has 4 heterocycles. The molecule has 69 heavy (non-hydrogen) atoms. The monoisotopic (exact) mass is 884 g/mol. The Bertz CT molecular complexity index is 4170. The number of benzene rings is 9. The Kier molecular flexibility index (Phi) is 8.92. The highest BCUT2D eigenvalue weighted by molar-refractivity contribution is 6.10. The Morgan fingerprint density at radius 1 is 0.348 bits per heavy atom.